The number of benzene rings is 11. The number of hydrogen-bond donors (Lipinski definition) is 0. The van der Waals surface area contributed by atoms with Crippen LogP contribution in [-0.2, 0) is 5.41 Å². The summed E-state index contributed by atoms with van der Waals surface area (Å²) in [6.07, 6.45) is 0. The van der Waals surface area contributed by atoms with Gasteiger partial charge in [-0.3, -0.25) is 0 Å². The Morgan fingerprint density at radius 1 is 0.279 bits per heavy atom. The Hall–Kier alpha value is -8.52. The van der Waals surface area contributed by atoms with Crippen LogP contribution in [0, 0.1) is 0 Å². The van der Waals surface area contributed by atoms with Crippen LogP contribution in [0.3, 0.4) is 0 Å². The predicted octanol–water partition coefficient (Wildman–Crippen LogP) is 18.6. The van der Waals surface area contributed by atoms with Crippen molar-refractivity contribution in [3.05, 3.63) is 272 Å². The van der Waals surface area contributed by atoms with Crippen molar-refractivity contribution in [3.8, 4) is 77.9 Å². The van der Waals surface area contributed by atoms with E-state index >= 15 is 0 Å². The maximum atomic E-state index is 2.46. The summed E-state index contributed by atoms with van der Waals surface area (Å²) in [7, 11) is 0. The molecule has 11 aromatic rings. The van der Waals surface area contributed by atoms with Crippen molar-refractivity contribution in [2.75, 3.05) is 4.90 Å². The molecule has 12 rings (SSSR count). The molecular formula is C67H49N. The molecule has 0 aliphatic heterocycles. The standard InChI is InChI=1S/C67H49N/c1-67(2)62-34-19-33-59(52-38-42-55(46-20-7-3-8-21-46)61(44-52)49-26-13-6-14-27-49)66(62)60-43-41-54(45-63(60)67)68(64-35-16-15-30-56(64)47-22-9-4-10-23-47)53-39-36-50(37-40-53)58-32-18-29-51-28-17-31-57(65(51)58)48-24-11-5-12-25-48/h3-45H,1-2H3. The van der Waals surface area contributed by atoms with Crippen LogP contribution in [-0.4, -0.2) is 0 Å². The molecular weight excluding hydrogens is 819 g/mol. The van der Waals surface area contributed by atoms with Gasteiger partial charge in [0.1, 0.15) is 0 Å². The summed E-state index contributed by atoms with van der Waals surface area (Å²) < 4.78 is 0. The first-order valence-corrected chi connectivity index (χ1v) is 23.7. The Morgan fingerprint density at radius 3 is 1.37 bits per heavy atom. The fourth-order valence-corrected chi connectivity index (χ4v) is 10.8. The number of nitrogens with zero attached hydrogens (tertiary/aromatic N) is 1. The molecule has 0 aromatic heterocycles. The third kappa shape index (κ3) is 7.12. The van der Waals surface area contributed by atoms with E-state index in [4.69, 9.17) is 0 Å². The van der Waals surface area contributed by atoms with Crippen LogP contribution in [0.5, 0.6) is 0 Å². The third-order valence-electron chi connectivity index (χ3n) is 14.1. The monoisotopic (exact) mass is 867 g/mol. The van der Waals surface area contributed by atoms with Crippen molar-refractivity contribution in [2.24, 2.45) is 0 Å². The number of rotatable bonds is 9. The summed E-state index contributed by atoms with van der Waals surface area (Å²) in [5.41, 5.74) is 23.0. The average Bonchev–Trinajstić information content (AvgIpc) is 3.64. The Bertz CT molecular complexity index is 3600. The minimum atomic E-state index is -0.248. The van der Waals surface area contributed by atoms with E-state index in [1.807, 2.05) is 0 Å². The van der Waals surface area contributed by atoms with Crippen LogP contribution >= 0.6 is 0 Å². The number of hydrogen-bond acceptors (Lipinski definition) is 1. The van der Waals surface area contributed by atoms with Crippen molar-refractivity contribution < 1.29 is 0 Å². The zero-order valence-corrected chi connectivity index (χ0v) is 38.3. The van der Waals surface area contributed by atoms with Crippen molar-refractivity contribution >= 4 is 27.8 Å². The SMILES string of the molecule is CC1(C)c2cc(N(c3ccc(-c4cccc5cccc(-c6ccccc6)c45)cc3)c3ccccc3-c3ccccc3)ccc2-c2c(-c3ccc(-c4ccccc4)c(-c4ccccc4)c3)cccc21. The molecule has 0 unspecified atom stereocenters. The van der Waals surface area contributed by atoms with E-state index in [9.17, 15) is 0 Å². The first-order valence-electron chi connectivity index (χ1n) is 23.7. The molecule has 0 N–H and O–H groups in total. The summed E-state index contributed by atoms with van der Waals surface area (Å²) in [5.74, 6) is 0. The van der Waals surface area contributed by atoms with Gasteiger partial charge in [-0.15, -0.1) is 0 Å². The lowest BCUT2D eigenvalue weighted by atomic mass is 9.81. The van der Waals surface area contributed by atoms with Gasteiger partial charge in [-0.25, -0.2) is 0 Å². The van der Waals surface area contributed by atoms with Crippen LogP contribution in [0.4, 0.5) is 17.1 Å². The maximum Gasteiger partial charge on any atom is 0.0540 e. The van der Waals surface area contributed by atoms with Gasteiger partial charge in [-0.2, -0.15) is 0 Å². The molecule has 0 fully saturated rings. The van der Waals surface area contributed by atoms with Gasteiger partial charge < -0.3 is 4.90 Å². The average molecular weight is 868 g/mol. The van der Waals surface area contributed by atoms with Crippen LogP contribution in [0.25, 0.3) is 88.7 Å². The first-order chi connectivity index (χ1) is 33.5. The highest BCUT2D eigenvalue weighted by Crippen LogP contribution is 2.54. The Kier molecular flexibility index (Phi) is 10.3. The minimum Gasteiger partial charge on any atom is -0.310 e. The molecule has 11 aromatic carbocycles. The molecule has 0 saturated heterocycles. The van der Waals surface area contributed by atoms with Crippen molar-refractivity contribution in [1.82, 2.24) is 0 Å². The van der Waals surface area contributed by atoms with Crippen LogP contribution in [0.2, 0.25) is 0 Å². The van der Waals surface area contributed by atoms with E-state index < -0.39 is 0 Å². The second-order valence-electron chi connectivity index (χ2n) is 18.4. The molecule has 1 aliphatic carbocycles. The van der Waals surface area contributed by atoms with Crippen LogP contribution in [0.15, 0.2) is 261 Å². The molecule has 0 radical (unpaired) electrons. The van der Waals surface area contributed by atoms with E-state index in [1.54, 1.807) is 0 Å². The first kappa shape index (κ1) is 40.9. The van der Waals surface area contributed by atoms with Gasteiger partial charge in [-0.05, 0) is 131 Å². The molecule has 68 heavy (non-hydrogen) atoms. The van der Waals surface area contributed by atoms with Gasteiger partial charge in [0.25, 0.3) is 0 Å². The van der Waals surface area contributed by atoms with Gasteiger partial charge in [0.05, 0.1) is 5.69 Å². The number of para-hydroxylation sites is 1. The van der Waals surface area contributed by atoms with Crippen molar-refractivity contribution in [1.29, 1.82) is 0 Å². The van der Waals surface area contributed by atoms with E-state index in [1.165, 1.54) is 99.8 Å². The zero-order valence-electron chi connectivity index (χ0n) is 38.3. The molecule has 0 bridgehead atoms. The summed E-state index contributed by atoms with van der Waals surface area (Å²) in [4.78, 5) is 2.46. The smallest absolute Gasteiger partial charge is 0.0540 e. The quantitative estimate of drug-likeness (QED) is 0.140. The van der Waals surface area contributed by atoms with E-state index in [-0.39, 0.29) is 5.41 Å². The lowest BCUT2D eigenvalue weighted by Crippen LogP contribution is -2.17. The second kappa shape index (κ2) is 17.0. The van der Waals surface area contributed by atoms with E-state index in [0.29, 0.717) is 0 Å². The molecule has 0 heterocycles. The summed E-state index contributed by atoms with van der Waals surface area (Å²) in [6.45, 7) is 4.79. The highest BCUT2D eigenvalue weighted by Gasteiger charge is 2.38. The van der Waals surface area contributed by atoms with Crippen molar-refractivity contribution in [3.63, 3.8) is 0 Å². The Morgan fingerprint density at radius 2 is 0.735 bits per heavy atom. The lowest BCUT2D eigenvalue weighted by molar-refractivity contribution is 0.660. The van der Waals surface area contributed by atoms with Crippen LogP contribution in [0.1, 0.15) is 25.0 Å². The molecule has 1 aliphatic rings. The lowest BCUT2D eigenvalue weighted by Gasteiger charge is -2.30. The van der Waals surface area contributed by atoms with Gasteiger partial charge >= 0.3 is 0 Å². The molecule has 322 valence electrons. The van der Waals surface area contributed by atoms with Gasteiger partial charge in [0.15, 0.2) is 0 Å². The van der Waals surface area contributed by atoms with Crippen LogP contribution < -0.4 is 4.90 Å². The number of anilines is 3. The summed E-state index contributed by atoms with van der Waals surface area (Å²) in [6, 6.07) is 95.5. The van der Waals surface area contributed by atoms with E-state index in [0.717, 1.165) is 17.1 Å². The summed E-state index contributed by atoms with van der Waals surface area (Å²) >= 11 is 0. The number of fused-ring (bicyclic) bond motifs is 4. The molecule has 1 heteroatoms. The highest BCUT2D eigenvalue weighted by atomic mass is 15.1. The molecule has 0 saturated carbocycles. The molecule has 0 amide bonds. The third-order valence-corrected chi connectivity index (χ3v) is 14.1. The molecule has 1 nitrogen and oxygen atoms in total. The fourth-order valence-electron chi connectivity index (χ4n) is 10.8. The predicted molar refractivity (Wildman–Crippen MR) is 289 cm³/mol. The fraction of sp³-hybridized carbons (Fsp3) is 0.0448. The van der Waals surface area contributed by atoms with Crippen molar-refractivity contribution in [2.45, 2.75) is 19.3 Å². The summed E-state index contributed by atoms with van der Waals surface area (Å²) in [5, 5.41) is 2.50. The highest BCUT2D eigenvalue weighted by molar-refractivity contribution is 6.07. The van der Waals surface area contributed by atoms with E-state index in [2.05, 4.69) is 280 Å². The normalized spacial score (nSPS) is 12.4. The molecule has 0 spiro atoms. The Balaban J connectivity index is 1.00. The maximum absolute atomic E-state index is 2.46. The largest absolute Gasteiger partial charge is 0.310 e. The van der Waals surface area contributed by atoms with Gasteiger partial charge in [0.2, 0.25) is 0 Å². The van der Waals surface area contributed by atoms with Gasteiger partial charge in [0, 0.05) is 22.4 Å². The zero-order chi connectivity index (χ0) is 45.6. The molecule has 0 atom stereocenters. The minimum absolute atomic E-state index is 0.248. The second-order valence-corrected chi connectivity index (χ2v) is 18.4. The van der Waals surface area contributed by atoms with Gasteiger partial charge in [-0.1, -0.05) is 238 Å². The Labute approximate surface area is 399 Å². The topological polar surface area (TPSA) is 3.24 Å².